The van der Waals surface area contributed by atoms with Gasteiger partial charge in [0, 0.05) is 22.0 Å². The van der Waals surface area contributed by atoms with Crippen molar-refractivity contribution < 1.29 is 4.39 Å². The number of halogens is 2. The van der Waals surface area contributed by atoms with Crippen LogP contribution in [0.2, 0.25) is 5.02 Å². The lowest BCUT2D eigenvalue weighted by atomic mass is 10.1. The molecule has 0 fully saturated rings. The quantitative estimate of drug-likeness (QED) is 0.415. The molecule has 0 amide bonds. The van der Waals surface area contributed by atoms with Crippen molar-refractivity contribution >= 4 is 44.9 Å². The van der Waals surface area contributed by atoms with Crippen LogP contribution in [0, 0.1) is 5.82 Å². The molecule has 0 saturated heterocycles. The average molecular weight is 390 g/mol. The molecular weight excluding hydrogens is 377 g/mol. The molecule has 28 heavy (non-hydrogen) atoms. The van der Waals surface area contributed by atoms with Crippen LogP contribution in [0.25, 0.3) is 33.2 Å². The van der Waals surface area contributed by atoms with Crippen molar-refractivity contribution in [1.29, 1.82) is 0 Å². The molecule has 2 heterocycles. The number of rotatable bonds is 3. The highest BCUT2D eigenvalue weighted by atomic mass is 35.5. The fourth-order valence-corrected chi connectivity index (χ4v) is 3.27. The van der Waals surface area contributed by atoms with Crippen LogP contribution in [0.1, 0.15) is 0 Å². The molecule has 2 N–H and O–H groups in total. The summed E-state index contributed by atoms with van der Waals surface area (Å²) in [5, 5.41) is 12.3. The van der Waals surface area contributed by atoms with Crippen molar-refractivity contribution in [2.75, 3.05) is 5.32 Å². The lowest BCUT2D eigenvalue weighted by Crippen LogP contribution is -1.99. The zero-order chi connectivity index (χ0) is 19.1. The lowest BCUT2D eigenvalue weighted by Gasteiger charge is -2.11. The number of anilines is 2. The molecule has 136 valence electrons. The van der Waals surface area contributed by atoms with E-state index in [1.54, 1.807) is 12.3 Å². The van der Waals surface area contributed by atoms with Crippen molar-refractivity contribution in [3.63, 3.8) is 0 Å². The van der Waals surface area contributed by atoms with Gasteiger partial charge in [0.25, 0.3) is 0 Å². The van der Waals surface area contributed by atoms with Crippen LogP contribution in [-0.4, -0.2) is 20.2 Å². The SMILES string of the molecule is Fc1ccc(-c2nc(Nc3ccc4[nH]ncc4c3)c3ccccc3n2)cc1Cl. The van der Waals surface area contributed by atoms with E-state index >= 15 is 0 Å². The minimum absolute atomic E-state index is 0.0363. The number of benzene rings is 3. The summed E-state index contributed by atoms with van der Waals surface area (Å²) in [7, 11) is 0. The molecule has 2 aromatic heterocycles. The molecule has 7 heteroatoms. The number of fused-ring (bicyclic) bond motifs is 2. The molecule has 3 aromatic carbocycles. The summed E-state index contributed by atoms with van der Waals surface area (Å²) < 4.78 is 13.5. The van der Waals surface area contributed by atoms with Gasteiger partial charge in [0.2, 0.25) is 0 Å². The predicted molar refractivity (Wildman–Crippen MR) is 109 cm³/mol. The van der Waals surface area contributed by atoms with Crippen molar-refractivity contribution in [2.24, 2.45) is 0 Å². The third-order valence-electron chi connectivity index (χ3n) is 4.48. The zero-order valence-electron chi connectivity index (χ0n) is 14.4. The molecule has 5 aromatic rings. The number of aromatic amines is 1. The molecule has 5 nitrogen and oxygen atoms in total. The van der Waals surface area contributed by atoms with E-state index in [0.717, 1.165) is 27.5 Å². The van der Waals surface area contributed by atoms with Crippen LogP contribution >= 0.6 is 11.6 Å². The molecule has 0 unspecified atom stereocenters. The highest BCUT2D eigenvalue weighted by Crippen LogP contribution is 2.29. The Labute approximate surface area is 164 Å². The average Bonchev–Trinajstić information content (AvgIpc) is 3.18. The Morgan fingerprint density at radius 2 is 1.86 bits per heavy atom. The van der Waals surface area contributed by atoms with Crippen molar-refractivity contribution in [1.82, 2.24) is 20.2 Å². The number of para-hydroxylation sites is 1. The summed E-state index contributed by atoms with van der Waals surface area (Å²) in [5.41, 5.74) is 3.26. The fraction of sp³-hybridized carbons (Fsp3) is 0. The van der Waals surface area contributed by atoms with E-state index < -0.39 is 5.82 Å². The number of H-pyrrole nitrogens is 1. The van der Waals surface area contributed by atoms with E-state index in [4.69, 9.17) is 11.6 Å². The van der Waals surface area contributed by atoms with Gasteiger partial charge in [0.15, 0.2) is 5.82 Å². The van der Waals surface area contributed by atoms with Gasteiger partial charge in [-0.25, -0.2) is 14.4 Å². The Balaban J connectivity index is 1.64. The first-order valence-electron chi connectivity index (χ1n) is 8.60. The number of nitrogens with one attached hydrogen (secondary N) is 2. The van der Waals surface area contributed by atoms with E-state index in [9.17, 15) is 4.39 Å². The van der Waals surface area contributed by atoms with Crippen LogP contribution in [0.3, 0.4) is 0 Å². The summed E-state index contributed by atoms with van der Waals surface area (Å²) in [6, 6.07) is 18.1. The number of aromatic nitrogens is 4. The number of hydrogen-bond acceptors (Lipinski definition) is 4. The molecule has 0 aliphatic rings. The summed E-state index contributed by atoms with van der Waals surface area (Å²) in [6.07, 6.45) is 1.77. The minimum atomic E-state index is -0.474. The van der Waals surface area contributed by atoms with E-state index in [1.165, 1.54) is 12.1 Å². The Hall–Kier alpha value is -3.51. The molecule has 0 bridgehead atoms. The van der Waals surface area contributed by atoms with Gasteiger partial charge in [0.1, 0.15) is 11.6 Å². The van der Waals surface area contributed by atoms with Gasteiger partial charge in [0.05, 0.1) is 22.3 Å². The molecule has 0 spiro atoms. The Morgan fingerprint density at radius 3 is 2.75 bits per heavy atom. The van der Waals surface area contributed by atoms with E-state index in [1.807, 2.05) is 42.5 Å². The van der Waals surface area contributed by atoms with Crippen molar-refractivity contribution in [3.8, 4) is 11.4 Å². The van der Waals surface area contributed by atoms with E-state index in [2.05, 4.69) is 25.5 Å². The standard InChI is InChI=1S/C21H13ClFN5/c22-16-10-12(5-7-17(16)23)20-26-19-4-2-1-3-15(19)21(27-20)25-14-6-8-18-13(9-14)11-24-28-18/h1-11H,(H,24,28)(H,25,26,27). The topological polar surface area (TPSA) is 66.5 Å². The largest absolute Gasteiger partial charge is 0.340 e. The molecular formula is C21H13ClFN5. The van der Waals surface area contributed by atoms with Crippen LogP contribution < -0.4 is 5.32 Å². The second-order valence-corrected chi connectivity index (χ2v) is 6.75. The Morgan fingerprint density at radius 1 is 0.964 bits per heavy atom. The van der Waals surface area contributed by atoms with Gasteiger partial charge >= 0.3 is 0 Å². The first-order valence-corrected chi connectivity index (χ1v) is 8.97. The molecule has 0 atom stereocenters. The van der Waals surface area contributed by atoms with Gasteiger partial charge in [-0.2, -0.15) is 5.10 Å². The van der Waals surface area contributed by atoms with Gasteiger partial charge in [-0.3, -0.25) is 5.10 Å². The van der Waals surface area contributed by atoms with Gasteiger partial charge in [-0.1, -0.05) is 23.7 Å². The Kier molecular flexibility index (Phi) is 3.91. The van der Waals surface area contributed by atoms with Crippen LogP contribution in [0.4, 0.5) is 15.9 Å². The summed E-state index contributed by atoms with van der Waals surface area (Å²) in [4.78, 5) is 9.29. The maximum Gasteiger partial charge on any atom is 0.162 e. The molecule has 0 radical (unpaired) electrons. The first kappa shape index (κ1) is 16.6. The molecule has 0 aliphatic carbocycles. The molecule has 0 aliphatic heterocycles. The second kappa shape index (κ2) is 6.58. The van der Waals surface area contributed by atoms with Crippen LogP contribution in [-0.2, 0) is 0 Å². The summed E-state index contributed by atoms with van der Waals surface area (Å²) >= 11 is 5.94. The minimum Gasteiger partial charge on any atom is -0.340 e. The second-order valence-electron chi connectivity index (χ2n) is 6.34. The van der Waals surface area contributed by atoms with Crippen LogP contribution in [0.15, 0.2) is 66.9 Å². The monoisotopic (exact) mass is 389 g/mol. The predicted octanol–water partition coefficient (Wildman–Crippen LogP) is 5.71. The third-order valence-corrected chi connectivity index (χ3v) is 4.77. The van der Waals surface area contributed by atoms with Crippen LogP contribution in [0.5, 0.6) is 0 Å². The fourth-order valence-electron chi connectivity index (χ4n) is 3.09. The maximum absolute atomic E-state index is 13.5. The third kappa shape index (κ3) is 2.93. The number of nitrogens with zero attached hydrogens (tertiary/aromatic N) is 3. The highest BCUT2D eigenvalue weighted by molar-refractivity contribution is 6.31. The maximum atomic E-state index is 13.5. The first-order chi connectivity index (χ1) is 13.7. The molecule has 5 rings (SSSR count). The smallest absolute Gasteiger partial charge is 0.162 e. The van der Waals surface area contributed by atoms with Crippen molar-refractivity contribution in [3.05, 3.63) is 77.7 Å². The normalized spacial score (nSPS) is 11.2. The summed E-state index contributed by atoms with van der Waals surface area (Å²) in [5.74, 6) is 0.648. The highest BCUT2D eigenvalue weighted by Gasteiger charge is 2.11. The molecule has 0 saturated carbocycles. The Bertz CT molecular complexity index is 1330. The van der Waals surface area contributed by atoms with Gasteiger partial charge in [-0.15, -0.1) is 0 Å². The number of hydrogen-bond donors (Lipinski definition) is 2. The van der Waals surface area contributed by atoms with Gasteiger partial charge < -0.3 is 5.32 Å². The summed E-state index contributed by atoms with van der Waals surface area (Å²) in [6.45, 7) is 0. The van der Waals surface area contributed by atoms with Crippen molar-refractivity contribution in [2.45, 2.75) is 0 Å². The zero-order valence-corrected chi connectivity index (χ0v) is 15.2. The van der Waals surface area contributed by atoms with E-state index in [-0.39, 0.29) is 5.02 Å². The lowest BCUT2D eigenvalue weighted by molar-refractivity contribution is 0.628. The van der Waals surface area contributed by atoms with Gasteiger partial charge in [-0.05, 0) is 48.5 Å². The van der Waals surface area contributed by atoms with E-state index in [0.29, 0.717) is 17.2 Å².